The van der Waals surface area contributed by atoms with Crippen LogP contribution in [0.5, 0.6) is 0 Å². The predicted octanol–water partition coefficient (Wildman–Crippen LogP) is 4.74. The summed E-state index contributed by atoms with van der Waals surface area (Å²) < 4.78 is 29.0. The number of nitrogens with zero attached hydrogens (tertiary/aromatic N) is 2. The molecule has 1 amide bonds. The van der Waals surface area contributed by atoms with E-state index < -0.39 is 10.0 Å². The second kappa shape index (κ2) is 8.47. The molecule has 5 nitrogen and oxygen atoms in total. The first-order valence-corrected chi connectivity index (χ1v) is 13.3. The van der Waals surface area contributed by atoms with Crippen molar-refractivity contribution in [2.45, 2.75) is 50.0 Å². The van der Waals surface area contributed by atoms with E-state index in [0.717, 1.165) is 24.1 Å². The van der Waals surface area contributed by atoms with E-state index in [1.807, 2.05) is 31.2 Å². The van der Waals surface area contributed by atoms with Crippen molar-refractivity contribution < 1.29 is 13.2 Å². The average molecular weight is 473 g/mol. The summed E-state index contributed by atoms with van der Waals surface area (Å²) in [5.41, 5.74) is 2.03. The number of amides is 1. The summed E-state index contributed by atoms with van der Waals surface area (Å²) in [4.78, 5) is 15.4. The first-order chi connectivity index (χ1) is 15.3. The number of anilines is 1. The van der Waals surface area contributed by atoms with Crippen molar-refractivity contribution in [3.8, 4) is 0 Å². The molecule has 0 spiro atoms. The lowest BCUT2D eigenvalue weighted by atomic mass is 9.84. The van der Waals surface area contributed by atoms with Gasteiger partial charge in [-0.05, 0) is 86.3 Å². The highest BCUT2D eigenvalue weighted by atomic mass is 35.5. The van der Waals surface area contributed by atoms with Gasteiger partial charge in [-0.25, -0.2) is 8.42 Å². The minimum absolute atomic E-state index is 0.144. The fourth-order valence-electron chi connectivity index (χ4n) is 6.10. The van der Waals surface area contributed by atoms with Crippen LogP contribution in [-0.2, 0) is 21.2 Å². The van der Waals surface area contributed by atoms with E-state index in [4.69, 9.17) is 11.6 Å². The van der Waals surface area contributed by atoms with Gasteiger partial charge in [-0.1, -0.05) is 36.2 Å². The fraction of sp³-hybridized carbons (Fsp3) is 0.480. The third-order valence-corrected chi connectivity index (χ3v) is 9.97. The molecule has 2 fully saturated rings. The Bertz CT molecular complexity index is 1120. The van der Waals surface area contributed by atoms with Crippen molar-refractivity contribution >= 4 is 33.2 Å². The molecule has 2 aromatic rings. The van der Waals surface area contributed by atoms with Gasteiger partial charge in [-0.15, -0.1) is 0 Å². The number of carbonyl (C=O) groups is 1. The van der Waals surface area contributed by atoms with Gasteiger partial charge in [0.05, 0.1) is 11.4 Å². The maximum absolute atomic E-state index is 13.8. The van der Waals surface area contributed by atoms with Crippen LogP contribution in [0.1, 0.15) is 38.2 Å². The molecule has 1 heterocycles. The normalized spacial score (nSPS) is 25.3. The molecule has 2 bridgehead atoms. The third-order valence-electron chi connectivity index (χ3n) is 7.77. The van der Waals surface area contributed by atoms with Gasteiger partial charge < -0.3 is 4.90 Å². The Morgan fingerprint density at radius 1 is 1.12 bits per heavy atom. The van der Waals surface area contributed by atoms with Crippen molar-refractivity contribution in [1.82, 2.24) is 4.31 Å². The van der Waals surface area contributed by atoms with Crippen molar-refractivity contribution in [3.63, 3.8) is 0 Å². The van der Waals surface area contributed by atoms with E-state index in [2.05, 4.69) is 0 Å². The van der Waals surface area contributed by atoms with Gasteiger partial charge >= 0.3 is 0 Å². The van der Waals surface area contributed by atoms with Gasteiger partial charge in [0.1, 0.15) is 0 Å². The summed E-state index contributed by atoms with van der Waals surface area (Å²) in [5, 5.41) is 0.487. The molecule has 0 radical (unpaired) electrons. The number of fused-ring (bicyclic) bond motifs is 3. The largest absolute Gasteiger partial charge is 0.311 e. The average Bonchev–Trinajstić information content (AvgIpc) is 3.52. The minimum atomic E-state index is -3.85. The summed E-state index contributed by atoms with van der Waals surface area (Å²) in [5.74, 6) is 1.39. The molecule has 2 saturated carbocycles. The zero-order valence-corrected chi connectivity index (χ0v) is 19.9. The lowest BCUT2D eigenvalue weighted by molar-refractivity contribution is -0.119. The van der Waals surface area contributed by atoms with Gasteiger partial charge in [0, 0.05) is 23.3 Å². The zero-order chi connectivity index (χ0) is 22.5. The molecule has 3 aliphatic rings. The second-order valence-corrected chi connectivity index (χ2v) is 11.8. The number of halogens is 1. The molecule has 0 unspecified atom stereocenters. The summed E-state index contributed by atoms with van der Waals surface area (Å²) in [6.07, 6.45) is 5.47. The van der Waals surface area contributed by atoms with Crippen LogP contribution in [0.2, 0.25) is 5.02 Å². The van der Waals surface area contributed by atoms with Crippen LogP contribution in [-0.4, -0.2) is 37.8 Å². The van der Waals surface area contributed by atoms with Crippen molar-refractivity contribution in [1.29, 1.82) is 0 Å². The summed E-state index contributed by atoms with van der Waals surface area (Å²) in [6, 6.07) is 13.9. The van der Waals surface area contributed by atoms with E-state index in [1.165, 1.54) is 35.7 Å². The van der Waals surface area contributed by atoms with Crippen LogP contribution >= 0.6 is 11.6 Å². The maximum Gasteiger partial charge on any atom is 0.243 e. The van der Waals surface area contributed by atoms with Crippen molar-refractivity contribution in [2.75, 3.05) is 18.0 Å². The van der Waals surface area contributed by atoms with Gasteiger partial charge in [0.15, 0.2) is 0 Å². The van der Waals surface area contributed by atoms with Crippen LogP contribution in [0.3, 0.4) is 0 Å². The summed E-state index contributed by atoms with van der Waals surface area (Å²) in [7, 11) is -3.85. The smallest absolute Gasteiger partial charge is 0.243 e. The quantitative estimate of drug-likeness (QED) is 0.609. The van der Waals surface area contributed by atoms with Crippen LogP contribution < -0.4 is 4.90 Å². The highest BCUT2D eigenvalue weighted by molar-refractivity contribution is 7.89. The Kier molecular flexibility index (Phi) is 5.81. The molecule has 0 saturated heterocycles. The van der Waals surface area contributed by atoms with E-state index in [9.17, 15) is 13.2 Å². The van der Waals surface area contributed by atoms with Crippen LogP contribution in [0.25, 0.3) is 0 Å². The van der Waals surface area contributed by atoms with Gasteiger partial charge in [0.2, 0.25) is 15.9 Å². The molecule has 7 heteroatoms. The molecular weight excluding hydrogens is 444 g/mol. The number of hydrogen-bond donors (Lipinski definition) is 0. The molecular formula is C25H29ClN2O3S. The van der Waals surface area contributed by atoms with Crippen LogP contribution in [0.15, 0.2) is 53.4 Å². The Labute approximate surface area is 195 Å². The standard InChI is InChI=1S/C25H29ClN2O3S/c1-17(23-15-18-6-7-20(23)14-18)28(32(30,31)22-10-8-21(26)9-11-22)16-25(29)27-13-12-19-4-2-3-5-24(19)27/h2-5,8-11,17-18,20,23H,6-7,12-16H2,1H3/t17-,18+,20+,23-/m1/s1. The van der Waals surface area contributed by atoms with Gasteiger partial charge in [-0.2, -0.15) is 4.31 Å². The monoisotopic (exact) mass is 472 g/mol. The Hall–Kier alpha value is -1.89. The molecule has 2 aromatic carbocycles. The molecule has 2 aliphatic carbocycles. The molecule has 4 atom stereocenters. The van der Waals surface area contributed by atoms with Crippen molar-refractivity contribution in [3.05, 3.63) is 59.1 Å². The molecule has 0 N–H and O–H groups in total. The van der Waals surface area contributed by atoms with E-state index >= 15 is 0 Å². The lowest BCUT2D eigenvalue weighted by Crippen LogP contribution is -2.49. The minimum Gasteiger partial charge on any atom is -0.311 e. The number of benzene rings is 2. The summed E-state index contributed by atoms with van der Waals surface area (Å²) >= 11 is 6.00. The topological polar surface area (TPSA) is 57.7 Å². The number of carbonyl (C=O) groups excluding carboxylic acids is 1. The number of rotatable bonds is 6. The first-order valence-electron chi connectivity index (χ1n) is 11.5. The number of hydrogen-bond acceptors (Lipinski definition) is 3. The number of sulfonamides is 1. The first kappa shape index (κ1) is 21.9. The lowest BCUT2D eigenvalue weighted by Gasteiger charge is -2.36. The Balaban J connectivity index is 1.45. The van der Waals surface area contributed by atoms with Crippen LogP contribution in [0.4, 0.5) is 5.69 Å². The third kappa shape index (κ3) is 3.87. The fourth-order valence-corrected chi connectivity index (χ4v) is 7.86. The van der Waals surface area contributed by atoms with Crippen LogP contribution in [0, 0.1) is 17.8 Å². The van der Waals surface area contributed by atoms with E-state index in [1.54, 1.807) is 17.0 Å². The molecule has 170 valence electrons. The van der Waals surface area contributed by atoms with Gasteiger partial charge in [0.25, 0.3) is 0 Å². The number of para-hydroxylation sites is 1. The second-order valence-electron chi connectivity index (χ2n) is 9.51. The predicted molar refractivity (Wildman–Crippen MR) is 126 cm³/mol. The highest BCUT2D eigenvalue weighted by Gasteiger charge is 2.46. The molecule has 32 heavy (non-hydrogen) atoms. The maximum atomic E-state index is 13.8. The molecule has 0 aromatic heterocycles. The zero-order valence-electron chi connectivity index (χ0n) is 18.3. The molecule has 1 aliphatic heterocycles. The van der Waals surface area contributed by atoms with E-state index in [0.29, 0.717) is 29.3 Å². The highest BCUT2D eigenvalue weighted by Crippen LogP contribution is 2.50. The summed E-state index contributed by atoms with van der Waals surface area (Å²) in [6.45, 7) is 2.44. The Morgan fingerprint density at radius 3 is 2.56 bits per heavy atom. The van der Waals surface area contributed by atoms with Gasteiger partial charge in [-0.3, -0.25) is 4.79 Å². The van der Waals surface area contributed by atoms with Crippen molar-refractivity contribution in [2.24, 2.45) is 17.8 Å². The molecule has 5 rings (SSSR count). The Morgan fingerprint density at radius 2 is 1.88 bits per heavy atom. The van der Waals surface area contributed by atoms with E-state index in [-0.39, 0.29) is 23.4 Å². The SMILES string of the molecule is C[C@H]([C@H]1C[C@H]2CC[C@H]1C2)N(CC(=O)N1CCc2ccccc21)S(=O)(=O)c1ccc(Cl)cc1.